The van der Waals surface area contributed by atoms with Gasteiger partial charge in [0.1, 0.15) is 6.10 Å². The Labute approximate surface area is 95.9 Å². The topological polar surface area (TPSA) is 60.2 Å². The van der Waals surface area contributed by atoms with E-state index in [-0.39, 0.29) is 6.10 Å². The molecule has 90 valence electrons. The van der Waals surface area contributed by atoms with Crippen LogP contribution >= 0.6 is 0 Å². The van der Waals surface area contributed by atoms with Crippen molar-refractivity contribution >= 4 is 0 Å². The van der Waals surface area contributed by atoms with E-state index in [9.17, 15) is 0 Å². The van der Waals surface area contributed by atoms with E-state index in [1.54, 1.807) is 6.08 Å². The third-order valence-corrected chi connectivity index (χ3v) is 2.08. The number of ether oxygens (including phenoxy) is 1. The van der Waals surface area contributed by atoms with E-state index in [0.29, 0.717) is 24.9 Å². The third kappa shape index (κ3) is 3.75. The van der Waals surface area contributed by atoms with Crippen LogP contribution in [0, 0.1) is 0 Å². The molecule has 1 rings (SSSR count). The quantitative estimate of drug-likeness (QED) is 0.540. The lowest BCUT2D eigenvalue weighted by atomic mass is 10.2. The highest BCUT2D eigenvalue weighted by molar-refractivity contribution is 4.91. The maximum absolute atomic E-state index is 5.49. The monoisotopic (exact) mass is 225 g/mol. The summed E-state index contributed by atoms with van der Waals surface area (Å²) >= 11 is 0. The second-order valence-corrected chi connectivity index (χ2v) is 3.32. The van der Waals surface area contributed by atoms with Crippen LogP contribution in [-0.4, -0.2) is 23.3 Å². The number of nitrogens with one attached hydrogen (secondary N) is 1. The lowest BCUT2D eigenvalue weighted by Crippen LogP contribution is -2.13. The molecule has 1 N–H and O–H groups in total. The van der Waals surface area contributed by atoms with Crippen molar-refractivity contribution in [1.82, 2.24) is 15.5 Å². The molecule has 0 saturated carbocycles. The first-order valence-corrected chi connectivity index (χ1v) is 5.57. The molecule has 1 unspecified atom stereocenters. The van der Waals surface area contributed by atoms with E-state index in [1.807, 2.05) is 13.8 Å². The third-order valence-electron chi connectivity index (χ3n) is 2.08. The average molecular weight is 225 g/mol. The smallest absolute Gasteiger partial charge is 0.240 e. The molecule has 1 aromatic heterocycles. The summed E-state index contributed by atoms with van der Waals surface area (Å²) in [4.78, 5) is 4.27. The molecular formula is C11H19N3O2. The molecular weight excluding hydrogens is 206 g/mol. The van der Waals surface area contributed by atoms with Gasteiger partial charge in [-0.25, -0.2) is 0 Å². The van der Waals surface area contributed by atoms with Gasteiger partial charge in [-0.3, -0.25) is 0 Å². The van der Waals surface area contributed by atoms with Crippen LogP contribution in [0.25, 0.3) is 0 Å². The van der Waals surface area contributed by atoms with Gasteiger partial charge in [0.15, 0.2) is 0 Å². The predicted octanol–water partition coefficient (Wildman–Crippen LogP) is 1.83. The first kappa shape index (κ1) is 12.9. The number of aromatic nitrogens is 2. The Balaban J connectivity index is 2.51. The van der Waals surface area contributed by atoms with Crippen LogP contribution in [0.2, 0.25) is 0 Å². The fourth-order valence-corrected chi connectivity index (χ4v) is 1.33. The minimum absolute atomic E-state index is 0.0677. The van der Waals surface area contributed by atoms with Crippen molar-refractivity contribution in [2.24, 2.45) is 0 Å². The molecule has 1 heterocycles. The number of rotatable bonds is 8. The Bertz CT molecular complexity index is 312. The summed E-state index contributed by atoms with van der Waals surface area (Å²) in [6.07, 6.45) is 2.56. The zero-order valence-electron chi connectivity index (χ0n) is 9.90. The Hall–Kier alpha value is -1.20. The fraction of sp³-hybridized carbons (Fsp3) is 0.636. The molecule has 1 aromatic rings. The number of nitrogens with zero attached hydrogens (tertiary/aromatic N) is 2. The second-order valence-electron chi connectivity index (χ2n) is 3.32. The van der Waals surface area contributed by atoms with Gasteiger partial charge in [-0.1, -0.05) is 18.2 Å². The highest BCUT2D eigenvalue weighted by atomic mass is 16.5. The minimum Gasteiger partial charge on any atom is -0.370 e. The van der Waals surface area contributed by atoms with Gasteiger partial charge < -0.3 is 14.6 Å². The van der Waals surface area contributed by atoms with Crippen LogP contribution in [0.5, 0.6) is 0 Å². The molecule has 1 atom stereocenters. The molecule has 0 aliphatic rings. The van der Waals surface area contributed by atoms with Crippen molar-refractivity contribution in [2.75, 3.05) is 13.2 Å². The van der Waals surface area contributed by atoms with Crippen molar-refractivity contribution in [1.29, 1.82) is 0 Å². The van der Waals surface area contributed by atoms with Crippen molar-refractivity contribution in [3.63, 3.8) is 0 Å². The molecule has 0 bridgehead atoms. The first-order chi connectivity index (χ1) is 7.81. The lowest BCUT2D eigenvalue weighted by molar-refractivity contribution is 0.0518. The van der Waals surface area contributed by atoms with Crippen LogP contribution < -0.4 is 5.32 Å². The van der Waals surface area contributed by atoms with Gasteiger partial charge in [0, 0.05) is 13.2 Å². The normalized spacial score (nSPS) is 12.6. The molecule has 0 aliphatic heterocycles. The van der Waals surface area contributed by atoms with Crippen molar-refractivity contribution in [2.45, 2.75) is 32.9 Å². The molecule has 0 radical (unpaired) electrons. The van der Waals surface area contributed by atoms with E-state index in [0.717, 1.165) is 13.0 Å². The molecule has 16 heavy (non-hydrogen) atoms. The summed E-state index contributed by atoms with van der Waals surface area (Å²) in [5, 5.41) is 7.01. The van der Waals surface area contributed by atoms with Crippen LogP contribution in [0.4, 0.5) is 0 Å². The molecule has 0 fully saturated rings. The van der Waals surface area contributed by atoms with Gasteiger partial charge in [-0.15, -0.1) is 6.58 Å². The Morgan fingerprint density at radius 2 is 2.38 bits per heavy atom. The highest BCUT2D eigenvalue weighted by Crippen LogP contribution is 2.17. The van der Waals surface area contributed by atoms with E-state index in [1.165, 1.54) is 0 Å². The van der Waals surface area contributed by atoms with E-state index in [4.69, 9.17) is 9.26 Å². The van der Waals surface area contributed by atoms with Crippen molar-refractivity contribution in [3.05, 3.63) is 24.4 Å². The van der Waals surface area contributed by atoms with Crippen LogP contribution in [0.3, 0.4) is 0 Å². The molecule has 5 heteroatoms. The van der Waals surface area contributed by atoms with Gasteiger partial charge in [0.05, 0.1) is 6.54 Å². The molecule has 0 aromatic carbocycles. The van der Waals surface area contributed by atoms with Gasteiger partial charge >= 0.3 is 0 Å². The van der Waals surface area contributed by atoms with Gasteiger partial charge in [-0.2, -0.15) is 4.98 Å². The standard InChI is InChI=1S/C11H19N3O2/c1-4-7-12-8-10-13-11(14-16-10)9(5-2)15-6-3/h4,9,12H,1,5-8H2,2-3H3. The first-order valence-electron chi connectivity index (χ1n) is 5.57. The number of hydrogen-bond donors (Lipinski definition) is 1. The summed E-state index contributed by atoms with van der Waals surface area (Å²) in [5.41, 5.74) is 0. The lowest BCUT2D eigenvalue weighted by Gasteiger charge is -2.09. The second kappa shape index (κ2) is 7.14. The van der Waals surface area contributed by atoms with E-state index in [2.05, 4.69) is 22.0 Å². The maximum Gasteiger partial charge on any atom is 0.240 e. The number of hydrogen-bond acceptors (Lipinski definition) is 5. The molecule has 0 saturated heterocycles. The summed E-state index contributed by atoms with van der Waals surface area (Å²) in [5.74, 6) is 1.20. The maximum atomic E-state index is 5.49. The Morgan fingerprint density at radius 1 is 1.56 bits per heavy atom. The van der Waals surface area contributed by atoms with Crippen LogP contribution in [-0.2, 0) is 11.3 Å². The average Bonchev–Trinajstić information content (AvgIpc) is 2.75. The van der Waals surface area contributed by atoms with Crippen LogP contribution in [0.15, 0.2) is 17.2 Å². The zero-order valence-corrected chi connectivity index (χ0v) is 9.90. The summed E-state index contributed by atoms with van der Waals surface area (Å²) in [7, 11) is 0. The van der Waals surface area contributed by atoms with Gasteiger partial charge in [-0.05, 0) is 13.3 Å². The van der Waals surface area contributed by atoms with Crippen molar-refractivity contribution < 1.29 is 9.26 Å². The predicted molar refractivity (Wildman–Crippen MR) is 60.9 cm³/mol. The Morgan fingerprint density at radius 3 is 3.00 bits per heavy atom. The van der Waals surface area contributed by atoms with E-state index >= 15 is 0 Å². The van der Waals surface area contributed by atoms with Crippen LogP contribution in [0.1, 0.15) is 38.1 Å². The minimum atomic E-state index is -0.0677. The summed E-state index contributed by atoms with van der Waals surface area (Å²) in [6, 6.07) is 0. The Kier molecular flexibility index (Phi) is 5.74. The molecule has 0 spiro atoms. The fourth-order valence-electron chi connectivity index (χ4n) is 1.33. The largest absolute Gasteiger partial charge is 0.370 e. The molecule has 0 aliphatic carbocycles. The SMILES string of the molecule is C=CCNCc1nc(C(CC)OCC)no1. The molecule has 5 nitrogen and oxygen atoms in total. The highest BCUT2D eigenvalue weighted by Gasteiger charge is 2.16. The zero-order chi connectivity index (χ0) is 11.8. The van der Waals surface area contributed by atoms with Gasteiger partial charge in [0.25, 0.3) is 0 Å². The molecule has 0 amide bonds. The van der Waals surface area contributed by atoms with Crippen molar-refractivity contribution in [3.8, 4) is 0 Å². The summed E-state index contributed by atoms with van der Waals surface area (Å²) < 4.78 is 10.6. The summed E-state index contributed by atoms with van der Waals surface area (Å²) in [6.45, 7) is 9.53. The van der Waals surface area contributed by atoms with Gasteiger partial charge in [0.2, 0.25) is 11.7 Å². The van der Waals surface area contributed by atoms with E-state index < -0.39 is 0 Å².